The Morgan fingerprint density at radius 1 is 1.19 bits per heavy atom. The highest BCUT2D eigenvalue weighted by atomic mass is 19.1. The molecule has 0 bridgehead atoms. The van der Waals surface area contributed by atoms with E-state index in [4.69, 9.17) is 4.74 Å². The van der Waals surface area contributed by atoms with E-state index in [9.17, 15) is 14.0 Å². The molecule has 7 nitrogen and oxygen atoms in total. The van der Waals surface area contributed by atoms with Gasteiger partial charge >= 0.3 is 0 Å². The number of carbonyl (C=O) groups is 1. The van der Waals surface area contributed by atoms with Crippen molar-refractivity contribution in [1.29, 1.82) is 0 Å². The summed E-state index contributed by atoms with van der Waals surface area (Å²) in [5, 5.41) is 3.58. The Bertz CT molecular complexity index is 1110. The molecule has 0 unspecified atom stereocenters. The lowest BCUT2D eigenvalue weighted by atomic mass is 10.1. The summed E-state index contributed by atoms with van der Waals surface area (Å²) in [6.07, 6.45) is 2.44. The molecule has 2 N–H and O–H groups in total. The molecule has 3 heterocycles. The van der Waals surface area contributed by atoms with Crippen molar-refractivity contribution in [3.63, 3.8) is 0 Å². The third kappa shape index (κ3) is 5.15. The first-order valence-corrected chi connectivity index (χ1v) is 10.5. The summed E-state index contributed by atoms with van der Waals surface area (Å²) in [4.78, 5) is 31.7. The summed E-state index contributed by atoms with van der Waals surface area (Å²) in [7, 11) is 0. The number of quaternary nitrogens is 1. The fourth-order valence-corrected chi connectivity index (χ4v) is 3.83. The maximum Gasteiger partial charge on any atom is 0.265 e. The standard InChI is InChI=1S/C23H25FN4O3/c24-19-6-4-17(5-7-19)16-28-21-18(3-1-8-25-21)15-20(23(28)30)22(29)26-9-2-10-27-11-13-31-14-12-27/h1,3-8,15H,2,9-14,16H2,(H,26,29)/p+1. The lowest BCUT2D eigenvalue weighted by Gasteiger charge is -2.23. The van der Waals surface area contributed by atoms with E-state index in [1.165, 1.54) is 21.6 Å². The molecule has 0 spiro atoms. The van der Waals surface area contributed by atoms with Gasteiger partial charge in [-0.2, -0.15) is 0 Å². The van der Waals surface area contributed by atoms with Crippen LogP contribution in [0.2, 0.25) is 0 Å². The minimum atomic E-state index is -0.410. The van der Waals surface area contributed by atoms with Gasteiger partial charge in [0.1, 0.15) is 30.1 Å². The highest BCUT2D eigenvalue weighted by molar-refractivity contribution is 5.96. The Morgan fingerprint density at radius 2 is 1.97 bits per heavy atom. The van der Waals surface area contributed by atoms with Crippen LogP contribution < -0.4 is 15.8 Å². The predicted octanol–water partition coefficient (Wildman–Crippen LogP) is 0.619. The molecule has 8 heteroatoms. The van der Waals surface area contributed by atoms with E-state index >= 15 is 0 Å². The summed E-state index contributed by atoms with van der Waals surface area (Å²) in [6, 6.07) is 11.1. The average Bonchev–Trinajstić information content (AvgIpc) is 2.80. The molecule has 3 aromatic rings. The maximum absolute atomic E-state index is 13.3. The number of hydrogen-bond donors (Lipinski definition) is 2. The summed E-state index contributed by atoms with van der Waals surface area (Å²) in [5.41, 5.74) is 0.916. The molecule has 0 radical (unpaired) electrons. The zero-order chi connectivity index (χ0) is 21.6. The fraction of sp³-hybridized carbons (Fsp3) is 0.348. The average molecular weight is 425 g/mol. The monoisotopic (exact) mass is 425 g/mol. The topological polar surface area (TPSA) is 77.7 Å². The third-order valence-corrected chi connectivity index (χ3v) is 5.54. The molecular formula is C23H26FN4O3+. The molecule has 2 aromatic heterocycles. The molecule has 1 aliphatic rings. The molecule has 1 aromatic carbocycles. The smallest absolute Gasteiger partial charge is 0.265 e. The van der Waals surface area contributed by atoms with Crippen LogP contribution >= 0.6 is 0 Å². The zero-order valence-corrected chi connectivity index (χ0v) is 17.3. The predicted molar refractivity (Wildman–Crippen MR) is 115 cm³/mol. The van der Waals surface area contributed by atoms with Crippen molar-refractivity contribution in [2.75, 3.05) is 39.4 Å². The molecular weight excluding hydrogens is 399 g/mol. The molecule has 0 atom stereocenters. The number of nitrogens with zero attached hydrogens (tertiary/aromatic N) is 2. The molecule has 1 aliphatic heterocycles. The molecule has 31 heavy (non-hydrogen) atoms. The van der Waals surface area contributed by atoms with Gasteiger partial charge in [0.2, 0.25) is 0 Å². The number of aromatic nitrogens is 2. The summed E-state index contributed by atoms with van der Waals surface area (Å²) in [5.74, 6) is -0.730. The summed E-state index contributed by atoms with van der Waals surface area (Å²) < 4.78 is 20.1. The van der Waals surface area contributed by atoms with Gasteiger partial charge in [-0.05, 0) is 35.9 Å². The van der Waals surface area contributed by atoms with Crippen LogP contribution in [0.5, 0.6) is 0 Å². The second-order valence-corrected chi connectivity index (χ2v) is 7.71. The van der Waals surface area contributed by atoms with Crippen molar-refractivity contribution in [2.24, 2.45) is 0 Å². The van der Waals surface area contributed by atoms with Crippen LogP contribution in [0.4, 0.5) is 4.39 Å². The van der Waals surface area contributed by atoms with E-state index in [0.717, 1.165) is 44.8 Å². The van der Waals surface area contributed by atoms with Gasteiger partial charge in [-0.1, -0.05) is 12.1 Å². The quantitative estimate of drug-likeness (QED) is 0.544. The third-order valence-electron chi connectivity index (χ3n) is 5.54. The molecule has 1 amide bonds. The van der Waals surface area contributed by atoms with Crippen molar-refractivity contribution in [2.45, 2.75) is 13.0 Å². The van der Waals surface area contributed by atoms with E-state index in [1.54, 1.807) is 30.5 Å². The van der Waals surface area contributed by atoms with Gasteiger partial charge in [-0.15, -0.1) is 0 Å². The van der Waals surface area contributed by atoms with Gasteiger partial charge in [0, 0.05) is 24.5 Å². The Kier molecular flexibility index (Phi) is 6.69. The van der Waals surface area contributed by atoms with Crippen LogP contribution in [-0.2, 0) is 11.3 Å². The lowest BCUT2D eigenvalue weighted by Crippen LogP contribution is -3.14. The number of pyridine rings is 2. The minimum absolute atomic E-state index is 0.0846. The number of fused-ring (bicyclic) bond motifs is 1. The molecule has 0 aliphatic carbocycles. The lowest BCUT2D eigenvalue weighted by molar-refractivity contribution is -0.908. The number of morpholine rings is 1. The minimum Gasteiger partial charge on any atom is -0.370 e. The Morgan fingerprint density at radius 3 is 2.74 bits per heavy atom. The molecule has 1 saturated heterocycles. The number of hydrogen-bond acceptors (Lipinski definition) is 4. The fourth-order valence-electron chi connectivity index (χ4n) is 3.83. The van der Waals surface area contributed by atoms with Crippen molar-refractivity contribution in [1.82, 2.24) is 14.9 Å². The van der Waals surface area contributed by atoms with E-state index in [0.29, 0.717) is 17.6 Å². The van der Waals surface area contributed by atoms with Crippen molar-refractivity contribution in [3.8, 4) is 0 Å². The van der Waals surface area contributed by atoms with Gasteiger partial charge in [-0.3, -0.25) is 14.2 Å². The molecule has 0 saturated carbocycles. The maximum atomic E-state index is 13.3. The van der Waals surface area contributed by atoms with E-state index in [-0.39, 0.29) is 23.8 Å². The first kappa shape index (κ1) is 21.1. The normalized spacial score (nSPS) is 14.6. The van der Waals surface area contributed by atoms with Crippen LogP contribution in [0.3, 0.4) is 0 Å². The molecule has 4 rings (SSSR count). The number of benzene rings is 1. The van der Waals surface area contributed by atoms with Crippen LogP contribution in [-0.4, -0.2) is 54.9 Å². The van der Waals surface area contributed by atoms with Crippen LogP contribution in [0.1, 0.15) is 22.3 Å². The van der Waals surface area contributed by atoms with E-state index in [2.05, 4.69) is 10.3 Å². The number of amides is 1. The van der Waals surface area contributed by atoms with Gasteiger partial charge in [0.25, 0.3) is 11.5 Å². The number of carbonyl (C=O) groups excluding carboxylic acids is 1. The zero-order valence-electron chi connectivity index (χ0n) is 17.3. The van der Waals surface area contributed by atoms with Crippen molar-refractivity contribution in [3.05, 3.63) is 76.0 Å². The van der Waals surface area contributed by atoms with Gasteiger partial charge in [0.15, 0.2) is 0 Å². The SMILES string of the molecule is O=C(NCCC[NH+]1CCOCC1)c1cc2cccnc2n(Cc2ccc(F)cc2)c1=O. The largest absolute Gasteiger partial charge is 0.370 e. The molecule has 162 valence electrons. The Balaban J connectivity index is 1.51. The van der Waals surface area contributed by atoms with Gasteiger partial charge in [0.05, 0.1) is 26.3 Å². The summed E-state index contributed by atoms with van der Waals surface area (Å²) in [6.45, 7) is 5.19. The van der Waals surface area contributed by atoms with Crippen LogP contribution in [0.15, 0.2) is 53.5 Å². The van der Waals surface area contributed by atoms with Crippen LogP contribution in [0.25, 0.3) is 11.0 Å². The summed E-state index contributed by atoms with van der Waals surface area (Å²) >= 11 is 0. The van der Waals surface area contributed by atoms with E-state index in [1.807, 2.05) is 6.07 Å². The second kappa shape index (κ2) is 9.80. The van der Waals surface area contributed by atoms with Crippen molar-refractivity contribution >= 4 is 16.9 Å². The van der Waals surface area contributed by atoms with Crippen molar-refractivity contribution < 1.29 is 18.8 Å². The first-order chi connectivity index (χ1) is 15.1. The Hall–Kier alpha value is -3.10. The molecule has 1 fully saturated rings. The highest BCUT2D eigenvalue weighted by Gasteiger charge is 2.17. The van der Waals surface area contributed by atoms with E-state index < -0.39 is 5.56 Å². The Labute approximate surface area is 179 Å². The highest BCUT2D eigenvalue weighted by Crippen LogP contribution is 2.13. The van der Waals surface area contributed by atoms with Gasteiger partial charge in [-0.25, -0.2) is 9.37 Å². The number of nitrogens with one attached hydrogen (secondary N) is 2. The number of rotatable bonds is 7. The second-order valence-electron chi connectivity index (χ2n) is 7.71. The number of halogens is 1. The van der Waals surface area contributed by atoms with Crippen LogP contribution in [0, 0.1) is 5.82 Å². The first-order valence-electron chi connectivity index (χ1n) is 10.5. The number of ether oxygens (including phenoxy) is 1. The van der Waals surface area contributed by atoms with Gasteiger partial charge < -0.3 is 15.0 Å².